The third kappa shape index (κ3) is 1.90. The van der Waals surface area contributed by atoms with Gasteiger partial charge in [-0.05, 0) is 11.6 Å². The van der Waals surface area contributed by atoms with Crippen LogP contribution in [0.3, 0.4) is 0 Å². The van der Waals surface area contributed by atoms with Gasteiger partial charge in [-0.15, -0.1) is 12.4 Å². The molecule has 0 radical (unpaired) electrons. The van der Waals surface area contributed by atoms with Crippen LogP contribution in [-0.4, -0.2) is 13.1 Å². The van der Waals surface area contributed by atoms with Gasteiger partial charge >= 0.3 is 0 Å². The third-order valence-electron chi connectivity index (χ3n) is 2.55. The maximum absolute atomic E-state index is 3.58. The predicted octanol–water partition coefficient (Wildman–Crippen LogP) is 2.73. The van der Waals surface area contributed by atoms with Gasteiger partial charge < -0.3 is 5.32 Å². The quantitative estimate of drug-likeness (QED) is 0.821. The van der Waals surface area contributed by atoms with Crippen LogP contribution in [0.1, 0.15) is 12.5 Å². The molecule has 1 aliphatic heterocycles. The highest BCUT2D eigenvalue weighted by molar-refractivity contribution is 9.10. The highest BCUT2D eigenvalue weighted by atomic mass is 79.9. The molecule has 1 aliphatic rings. The van der Waals surface area contributed by atoms with Crippen molar-refractivity contribution in [3.8, 4) is 0 Å². The van der Waals surface area contributed by atoms with Crippen molar-refractivity contribution < 1.29 is 0 Å². The minimum Gasteiger partial charge on any atom is -0.315 e. The Labute approximate surface area is 93.5 Å². The second-order valence-corrected chi connectivity index (χ2v) is 4.50. The van der Waals surface area contributed by atoms with Crippen LogP contribution < -0.4 is 5.32 Å². The molecule has 72 valence electrons. The molecule has 1 fully saturated rings. The normalized spacial score (nSPS) is 18.6. The summed E-state index contributed by atoms with van der Waals surface area (Å²) in [5.41, 5.74) is 1.77. The van der Waals surface area contributed by atoms with E-state index in [-0.39, 0.29) is 12.4 Å². The van der Waals surface area contributed by atoms with Gasteiger partial charge in [0, 0.05) is 23.0 Å². The molecule has 0 aromatic heterocycles. The van der Waals surface area contributed by atoms with Crippen molar-refractivity contribution in [1.29, 1.82) is 0 Å². The Morgan fingerprint density at radius 2 is 1.92 bits per heavy atom. The van der Waals surface area contributed by atoms with Crippen molar-refractivity contribution >= 4 is 28.3 Å². The number of hydrogen-bond donors (Lipinski definition) is 1. The van der Waals surface area contributed by atoms with Crippen molar-refractivity contribution in [3.63, 3.8) is 0 Å². The van der Waals surface area contributed by atoms with Gasteiger partial charge in [-0.25, -0.2) is 0 Å². The van der Waals surface area contributed by atoms with E-state index in [4.69, 9.17) is 0 Å². The Balaban J connectivity index is 0.000000845. The van der Waals surface area contributed by atoms with E-state index in [1.807, 2.05) is 0 Å². The van der Waals surface area contributed by atoms with Crippen molar-refractivity contribution in [1.82, 2.24) is 5.32 Å². The average Bonchev–Trinajstić information content (AvgIpc) is 2.01. The van der Waals surface area contributed by atoms with Gasteiger partial charge in [0.1, 0.15) is 0 Å². The fourth-order valence-electron chi connectivity index (χ4n) is 1.64. The molecule has 0 saturated carbocycles. The topological polar surface area (TPSA) is 12.0 Å². The van der Waals surface area contributed by atoms with Crippen LogP contribution in [0.2, 0.25) is 0 Å². The van der Waals surface area contributed by atoms with Crippen LogP contribution in [0, 0.1) is 0 Å². The van der Waals surface area contributed by atoms with Crippen molar-refractivity contribution in [2.45, 2.75) is 12.3 Å². The van der Waals surface area contributed by atoms with Gasteiger partial charge in [-0.1, -0.05) is 41.1 Å². The molecule has 0 aliphatic carbocycles. The summed E-state index contributed by atoms with van der Waals surface area (Å²) >= 11 is 3.58. The van der Waals surface area contributed by atoms with Gasteiger partial charge in [-0.2, -0.15) is 0 Å². The largest absolute Gasteiger partial charge is 0.315 e. The van der Waals surface area contributed by atoms with E-state index >= 15 is 0 Å². The Kier molecular flexibility index (Phi) is 3.38. The minimum atomic E-state index is 0. The molecule has 1 nitrogen and oxygen atoms in total. The SMILES string of the molecule is CC1(c2ccccc2Br)CNC1.Cl. The number of nitrogens with one attached hydrogen (secondary N) is 1. The van der Waals surface area contributed by atoms with Crippen LogP contribution in [0.25, 0.3) is 0 Å². The van der Waals surface area contributed by atoms with E-state index in [1.54, 1.807) is 0 Å². The van der Waals surface area contributed by atoms with E-state index in [1.165, 1.54) is 10.0 Å². The molecule has 1 saturated heterocycles. The summed E-state index contributed by atoms with van der Waals surface area (Å²) in [5.74, 6) is 0. The summed E-state index contributed by atoms with van der Waals surface area (Å²) in [6.45, 7) is 4.48. The lowest BCUT2D eigenvalue weighted by molar-refractivity contribution is 0.304. The Hall–Kier alpha value is -0.0500. The fraction of sp³-hybridized carbons (Fsp3) is 0.400. The fourth-order valence-corrected chi connectivity index (χ4v) is 2.40. The summed E-state index contributed by atoms with van der Waals surface area (Å²) in [6.07, 6.45) is 0. The minimum absolute atomic E-state index is 0. The van der Waals surface area contributed by atoms with E-state index in [0.717, 1.165) is 13.1 Å². The molecular weight excluding hydrogens is 249 g/mol. The molecular formula is C10H13BrClN. The second-order valence-electron chi connectivity index (χ2n) is 3.64. The van der Waals surface area contributed by atoms with E-state index in [0.29, 0.717) is 5.41 Å². The van der Waals surface area contributed by atoms with Gasteiger partial charge in [0.25, 0.3) is 0 Å². The summed E-state index contributed by atoms with van der Waals surface area (Å²) < 4.78 is 1.23. The highest BCUT2D eigenvalue weighted by Gasteiger charge is 2.34. The highest BCUT2D eigenvalue weighted by Crippen LogP contribution is 2.32. The standard InChI is InChI=1S/C10H12BrN.ClH/c1-10(6-12-7-10)8-4-2-3-5-9(8)11;/h2-5,12H,6-7H2,1H3;1H. The molecule has 13 heavy (non-hydrogen) atoms. The molecule has 0 atom stereocenters. The first-order valence-electron chi connectivity index (χ1n) is 4.18. The zero-order valence-corrected chi connectivity index (χ0v) is 9.91. The first-order valence-corrected chi connectivity index (χ1v) is 4.97. The second kappa shape index (κ2) is 3.99. The van der Waals surface area contributed by atoms with Crippen molar-refractivity contribution in [3.05, 3.63) is 34.3 Å². The molecule has 0 spiro atoms. The van der Waals surface area contributed by atoms with Crippen LogP contribution in [0.5, 0.6) is 0 Å². The first-order chi connectivity index (χ1) is 5.72. The average molecular weight is 263 g/mol. The Morgan fingerprint density at radius 3 is 2.38 bits per heavy atom. The summed E-state index contributed by atoms with van der Waals surface area (Å²) in [7, 11) is 0. The lowest BCUT2D eigenvalue weighted by atomic mass is 9.77. The van der Waals surface area contributed by atoms with Crippen molar-refractivity contribution in [2.75, 3.05) is 13.1 Å². The summed E-state index contributed by atoms with van der Waals surface area (Å²) in [6, 6.07) is 8.47. The number of rotatable bonds is 1. The van der Waals surface area contributed by atoms with E-state index in [2.05, 4.69) is 52.4 Å². The van der Waals surface area contributed by atoms with Crippen LogP contribution in [0.15, 0.2) is 28.7 Å². The maximum Gasteiger partial charge on any atom is 0.0213 e. The lowest BCUT2D eigenvalue weighted by Crippen LogP contribution is -2.54. The first kappa shape index (κ1) is 11.0. The Bertz CT molecular complexity index is 297. The Morgan fingerprint density at radius 1 is 1.31 bits per heavy atom. The molecule has 2 rings (SSSR count). The third-order valence-corrected chi connectivity index (χ3v) is 3.25. The van der Waals surface area contributed by atoms with Gasteiger partial charge in [-0.3, -0.25) is 0 Å². The lowest BCUT2D eigenvalue weighted by Gasteiger charge is -2.40. The molecule has 1 aromatic carbocycles. The zero-order chi connectivity index (χ0) is 8.60. The van der Waals surface area contributed by atoms with Gasteiger partial charge in [0.15, 0.2) is 0 Å². The van der Waals surface area contributed by atoms with Gasteiger partial charge in [0.05, 0.1) is 0 Å². The predicted molar refractivity (Wildman–Crippen MR) is 61.6 cm³/mol. The van der Waals surface area contributed by atoms with Crippen LogP contribution in [0.4, 0.5) is 0 Å². The molecule has 0 unspecified atom stereocenters. The van der Waals surface area contributed by atoms with E-state index in [9.17, 15) is 0 Å². The molecule has 0 bridgehead atoms. The molecule has 3 heteroatoms. The summed E-state index contributed by atoms with van der Waals surface area (Å²) in [4.78, 5) is 0. The van der Waals surface area contributed by atoms with Crippen LogP contribution in [-0.2, 0) is 5.41 Å². The molecule has 1 N–H and O–H groups in total. The van der Waals surface area contributed by atoms with Gasteiger partial charge in [0.2, 0.25) is 0 Å². The van der Waals surface area contributed by atoms with Crippen LogP contribution >= 0.6 is 28.3 Å². The molecule has 0 amide bonds. The molecule has 1 aromatic rings. The molecule has 1 heterocycles. The number of halogens is 2. The number of hydrogen-bond acceptors (Lipinski definition) is 1. The van der Waals surface area contributed by atoms with Crippen molar-refractivity contribution in [2.24, 2.45) is 0 Å². The maximum atomic E-state index is 3.58. The zero-order valence-electron chi connectivity index (χ0n) is 7.51. The summed E-state index contributed by atoms with van der Waals surface area (Å²) in [5, 5.41) is 3.31. The monoisotopic (exact) mass is 261 g/mol. The van der Waals surface area contributed by atoms with E-state index < -0.39 is 0 Å². The number of benzene rings is 1. The smallest absolute Gasteiger partial charge is 0.0213 e.